The zero-order valence-electron chi connectivity index (χ0n) is 61.8. The van der Waals surface area contributed by atoms with Gasteiger partial charge in [-0.15, -0.1) is 0 Å². The molecular formula is C76H148O17P2. The van der Waals surface area contributed by atoms with Crippen molar-refractivity contribution in [2.75, 3.05) is 39.6 Å². The molecule has 0 amide bonds. The summed E-state index contributed by atoms with van der Waals surface area (Å²) in [6.07, 6.45) is 58.3. The first-order valence-electron chi connectivity index (χ1n) is 39.6. The van der Waals surface area contributed by atoms with Crippen LogP contribution in [0.1, 0.15) is 401 Å². The molecule has 17 nitrogen and oxygen atoms in total. The molecule has 0 aliphatic rings. The Morgan fingerprint density at radius 2 is 0.484 bits per heavy atom. The molecule has 0 aromatic rings. The van der Waals surface area contributed by atoms with Crippen molar-refractivity contribution in [3.63, 3.8) is 0 Å². The molecule has 0 spiro atoms. The first kappa shape index (κ1) is 93.1. The first-order valence-corrected chi connectivity index (χ1v) is 42.6. The number of rotatable bonds is 76. The van der Waals surface area contributed by atoms with Gasteiger partial charge in [-0.25, -0.2) is 9.13 Å². The Bertz CT molecular complexity index is 1820. The lowest BCUT2D eigenvalue weighted by Gasteiger charge is -2.21. The fourth-order valence-electron chi connectivity index (χ4n) is 11.7. The van der Waals surface area contributed by atoms with Crippen molar-refractivity contribution in [2.45, 2.75) is 419 Å². The normalized spacial score (nSPS) is 13.9. The van der Waals surface area contributed by atoms with Gasteiger partial charge in [-0.1, -0.05) is 349 Å². The van der Waals surface area contributed by atoms with E-state index in [4.69, 9.17) is 37.0 Å². The van der Waals surface area contributed by atoms with Gasteiger partial charge in [0.05, 0.1) is 26.4 Å². The minimum Gasteiger partial charge on any atom is -0.462 e. The van der Waals surface area contributed by atoms with Gasteiger partial charge in [0.2, 0.25) is 0 Å². The van der Waals surface area contributed by atoms with E-state index in [0.29, 0.717) is 31.6 Å². The number of hydrogen-bond donors (Lipinski definition) is 3. The zero-order valence-corrected chi connectivity index (χ0v) is 63.6. The van der Waals surface area contributed by atoms with Crippen LogP contribution in [0.15, 0.2) is 0 Å². The van der Waals surface area contributed by atoms with Crippen LogP contribution in [-0.4, -0.2) is 96.7 Å². The van der Waals surface area contributed by atoms with Crippen molar-refractivity contribution in [3.05, 3.63) is 0 Å². The van der Waals surface area contributed by atoms with E-state index in [1.807, 2.05) is 0 Å². The molecular weight excluding hydrogens is 1250 g/mol. The van der Waals surface area contributed by atoms with Crippen molar-refractivity contribution < 1.29 is 80.2 Å². The average molecular weight is 1400 g/mol. The predicted molar refractivity (Wildman–Crippen MR) is 386 cm³/mol. The highest BCUT2D eigenvalue weighted by molar-refractivity contribution is 7.47. The summed E-state index contributed by atoms with van der Waals surface area (Å²) in [5, 5.41) is 10.6. The summed E-state index contributed by atoms with van der Waals surface area (Å²) in [7, 11) is -9.91. The van der Waals surface area contributed by atoms with Crippen molar-refractivity contribution in [2.24, 2.45) is 5.92 Å². The number of aliphatic hydroxyl groups excluding tert-OH is 1. The maximum atomic E-state index is 13.1. The second-order valence-corrected chi connectivity index (χ2v) is 30.8. The average Bonchev–Trinajstić information content (AvgIpc) is 1.53. The summed E-state index contributed by atoms with van der Waals surface area (Å²) in [6.45, 7) is 7.24. The number of phosphoric acid groups is 2. The summed E-state index contributed by atoms with van der Waals surface area (Å²) in [5.74, 6) is -1.41. The number of carbonyl (C=O) groups excluding carboxylic acids is 4. The van der Waals surface area contributed by atoms with Gasteiger partial charge in [0.25, 0.3) is 0 Å². The fourth-order valence-corrected chi connectivity index (χ4v) is 13.3. The standard InChI is InChI=1S/C76H148O17P2/c1-6-9-12-15-18-21-24-27-29-30-31-32-33-35-38-41-46-52-57-62-76(81)92-71(65-86-73(78)59-54-49-44-39-37-34-28-25-22-19-16-13-10-7-2)67-90-94(82,83)88-63-70(77)64-89-95(84,85)91-68-72(66-87-74(79)60-55-50-47-42-43-48-53-58-69(4)5)93-75(80)61-56-51-45-40-36-26-23-20-17-14-11-8-3/h69-72,77H,6-68H2,1-5H3,(H,82,83)(H,84,85)/t70-,71-,72-/m1/s1. The molecule has 0 saturated heterocycles. The van der Waals surface area contributed by atoms with Gasteiger partial charge in [-0.2, -0.15) is 0 Å². The van der Waals surface area contributed by atoms with E-state index < -0.39 is 97.5 Å². The second-order valence-electron chi connectivity index (χ2n) is 27.9. The molecule has 0 aliphatic carbocycles. The molecule has 0 fully saturated rings. The highest BCUT2D eigenvalue weighted by Crippen LogP contribution is 2.45. The van der Waals surface area contributed by atoms with Crippen LogP contribution in [0.3, 0.4) is 0 Å². The van der Waals surface area contributed by atoms with Crippen LogP contribution < -0.4 is 0 Å². The molecule has 564 valence electrons. The highest BCUT2D eigenvalue weighted by atomic mass is 31.2. The van der Waals surface area contributed by atoms with Gasteiger partial charge < -0.3 is 33.8 Å². The minimum atomic E-state index is -4.96. The lowest BCUT2D eigenvalue weighted by molar-refractivity contribution is -0.161. The van der Waals surface area contributed by atoms with E-state index in [-0.39, 0.29) is 25.7 Å². The van der Waals surface area contributed by atoms with E-state index >= 15 is 0 Å². The molecule has 0 aliphatic heterocycles. The van der Waals surface area contributed by atoms with Crippen LogP contribution in [0.2, 0.25) is 0 Å². The third-order valence-corrected chi connectivity index (χ3v) is 19.7. The minimum absolute atomic E-state index is 0.107. The van der Waals surface area contributed by atoms with Gasteiger partial charge in [0, 0.05) is 25.7 Å². The van der Waals surface area contributed by atoms with E-state index in [9.17, 15) is 43.2 Å². The maximum Gasteiger partial charge on any atom is 0.472 e. The molecule has 3 N–H and O–H groups in total. The Labute approximate surface area is 581 Å². The molecule has 2 unspecified atom stereocenters. The number of unbranched alkanes of at least 4 members (excludes halogenated alkanes) is 48. The quantitative estimate of drug-likeness (QED) is 0.0222. The molecule has 0 bridgehead atoms. The number of carbonyl (C=O) groups is 4. The van der Waals surface area contributed by atoms with E-state index in [2.05, 4.69) is 34.6 Å². The van der Waals surface area contributed by atoms with Crippen molar-refractivity contribution in [3.8, 4) is 0 Å². The number of esters is 4. The summed E-state index contributed by atoms with van der Waals surface area (Å²) in [5.41, 5.74) is 0. The molecule has 0 rings (SSSR count). The molecule has 0 heterocycles. The van der Waals surface area contributed by atoms with E-state index in [1.165, 1.54) is 218 Å². The predicted octanol–water partition coefficient (Wildman–Crippen LogP) is 22.5. The molecule has 95 heavy (non-hydrogen) atoms. The van der Waals surface area contributed by atoms with Gasteiger partial charge in [0.15, 0.2) is 12.2 Å². The Balaban J connectivity index is 5.22. The summed E-state index contributed by atoms with van der Waals surface area (Å²) in [6, 6.07) is 0. The topological polar surface area (TPSA) is 237 Å². The lowest BCUT2D eigenvalue weighted by Crippen LogP contribution is -2.30. The van der Waals surface area contributed by atoms with Crippen molar-refractivity contribution in [1.29, 1.82) is 0 Å². The summed E-state index contributed by atoms with van der Waals surface area (Å²) < 4.78 is 68.5. The molecule has 19 heteroatoms. The fraction of sp³-hybridized carbons (Fsp3) is 0.947. The SMILES string of the molecule is CCCCCCCCCCCCCCCCCCCCCC(=O)O[C@H](COC(=O)CCCCCCCCCCCCCCCC)COP(=O)(O)OC[C@@H](O)COP(=O)(O)OC[C@@H](COC(=O)CCCCCCCCCC(C)C)OC(=O)CCCCCCCCCCCCCC. The van der Waals surface area contributed by atoms with Crippen molar-refractivity contribution in [1.82, 2.24) is 0 Å². The van der Waals surface area contributed by atoms with Crippen LogP contribution in [-0.2, 0) is 65.4 Å². The summed E-state index contributed by atoms with van der Waals surface area (Å²) in [4.78, 5) is 72.8. The summed E-state index contributed by atoms with van der Waals surface area (Å²) >= 11 is 0. The molecule has 0 saturated carbocycles. The Hall–Kier alpha value is -1.94. The van der Waals surface area contributed by atoms with Crippen molar-refractivity contribution >= 4 is 39.5 Å². The Morgan fingerprint density at radius 3 is 0.716 bits per heavy atom. The monoisotopic (exact) mass is 1400 g/mol. The lowest BCUT2D eigenvalue weighted by atomic mass is 10.0. The van der Waals surface area contributed by atoms with Crippen LogP contribution in [0.4, 0.5) is 0 Å². The largest absolute Gasteiger partial charge is 0.472 e. The molecule has 5 atom stereocenters. The third kappa shape index (κ3) is 70.3. The Kier molecular flexibility index (Phi) is 67.7. The maximum absolute atomic E-state index is 13.1. The number of hydrogen-bond acceptors (Lipinski definition) is 15. The van der Waals surface area contributed by atoms with E-state index in [1.54, 1.807) is 0 Å². The Morgan fingerprint density at radius 1 is 0.284 bits per heavy atom. The van der Waals surface area contributed by atoms with Crippen LogP contribution in [0, 0.1) is 5.92 Å². The molecule has 0 aromatic heterocycles. The van der Waals surface area contributed by atoms with E-state index in [0.717, 1.165) is 96.3 Å². The third-order valence-electron chi connectivity index (χ3n) is 17.8. The van der Waals surface area contributed by atoms with Gasteiger partial charge in [-0.05, 0) is 31.6 Å². The first-order chi connectivity index (χ1) is 46.0. The molecule has 0 radical (unpaired) electrons. The number of aliphatic hydroxyl groups is 1. The van der Waals surface area contributed by atoms with Crippen LogP contribution in [0.5, 0.6) is 0 Å². The molecule has 0 aromatic carbocycles. The smallest absolute Gasteiger partial charge is 0.462 e. The van der Waals surface area contributed by atoms with Gasteiger partial charge >= 0.3 is 39.5 Å². The van der Waals surface area contributed by atoms with Gasteiger partial charge in [0.1, 0.15) is 19.3 Å². The second kappa shape index (κ2) is 69.2. The zero-order chi connectivity index (χ0) is 69.8. The highest BCUT2D eigenvalue weighted by Gasteiger charge is 2.30. The number of phosphoric ester groups is 2. The van der Waals surface area contributed by atoms with Crippen LogP contribution >= 0.6 is 15.6 Å². The van der Waals surface area contributed by atoms with Gasteiger partial charge in [-0.3, -0.25) is 37.3 Å². The number of ether oxygens (including phenoxy) is 4. The van der Waals surface area contributed by atoms with Crippen LogP contribution in [0.25, 0.3) is 0 Å².